The van der Waals surface area contributed by atoms with Gasteiger partial charge in [-0.05, 0) is 23.8 Å². The fraction of sp³-hybridized carbons (Fsp3) is 0. The Hall–Kier alpha value is -2.64. The van der Waals surface area contributed by atoms with Crippen molar-refractivity contribution in [1.82, 2.24) is 0 Å². The third-order valence-electron chi connectivity index (χ3n) is 3.04. The van der Waals surface area contributed by atoms with Gasteiger partial charge in [-0.2, -0.15) is 0 Å². The van der Waals surface area contributed by atoms with Crippen LogP contribution in [0.1, 0.15) is 0 Å². The lowest BCUT2D eigenvalue weighted by atomic mass is 10.4. The molecule has 4 heteroatoms. The monoisotopic (exact) mass is 321 g/mol. The Balaban J connectivity index is 0.000000433. The zero-order valence-corrected chi connectivity index (χ0v) is 13.7. The number of benzene rings is 3. The van der Waals surface area contributed by atoms with E-state index in [1.54, 1.807) is 0 Å². The Morgan fingerprint density at radius 2 is 0.783 bits per heavy atom. The van der Waals surface area contributed by atoms with Gasteiger partial charge in [0.2, 0.25) is 0 Å². The largest absolute Gasteiger partial charge is 0.370 e. The molecule has 0 unspecified atom stereocenters. The molecule has 0 fully saturated rings. The molecule has 3 nitrogen and oxygen atoms in total. The Bertz CT molecular complexity index is 617. The lowest BCUT2D eigenvalue weighted by Gasteiger charge is -2.18. The molecule has 0 spiro atoms. The van der Waals surface area contributed by atoms with Crippen molar-refractivity contribution in [3.63, 3.8) is 0 Å². The van der Waals surface area contributed by atoms with E-state index in [1.165, 1.54) is 15.9 Å². The summed E-state index contributed by atoms with van der Waals surface area (Å²) in [4.78, 5) is 0. The van der Waals surface area contributed by atoms with Crippen molar-refractivity contribution in [3.8, 4) is 0 Å². The molecule has 0 atom stereocenters. The van der Waals surface area contributed by atoms with Crippen molar-refractivity contribution in [2.24, 2.45) is 11.5 Å². The van der Waals surface area contributed by atoms with Crippen LogP contribution in [0, 0.1) is 5.41 Å². The quantitative estimate of drug-likeness (QED) is 0.393. The summed E-state index contributed by atoms with van der Waals surface area (Å²) in [7, 11) is -0.446. The Morgan fingerprint density at radius 3 is 1.00 bits per heavy atom. The molecule has 0 radical (unpaired) electrons. The van der Waals surface area contributed by atoms with Gasteiger partial charge in [0, 0.05) is 0 Å². The standard InChI is InChI=1S/C18H15P.CH5N3/c1-4-10-16(11-5-1)19(17-12-6-2-7-13-17)18-14-8-3-9-15-18;2-1(3)4/h1-15H;(H5,2,3,4). The molecule has 0 saturated carbocycles. The van der Waals surface area contributed by atoms with Crippen molar-refractivity contribution in [3.05, 3.63) is 91.0 Å². The smallest absolute Gasteiger partial charge is 0.183 e. The number of hydrogen-bond donors (Lipinski definition) is 3. The number of rotatable bonds is 3. The predicted octanol–water partition coefficient (Wildman–Crippen LogP) is 2.28. The van der Waals surface area contributed by atoms with Crippen LogP contribution in [0.4, 0.5) is 0 Å². The van der Waals surface area contributed by atoms with Crippen LogP contribution in [0.5, 0.6) is 0 Å². The third kappa shape index (κ3) is 5.24. The summed E-state index contributed by atoms with van der Waals surface area (Å²) in [5.74, 6) is -0.333. The second-order valence-electron chi connectivity index (χ2n) is 4.80. The van der Waals surface area contributed by atoms with E-state index in [0.717, 1.165) is 0 Å². The summed E-state index contributed by atoms with van der Waals surface area (Å²) in [6.45, 7) is 0. The van der Waals surface area contributed by atoms with Gasteiger partial charge in [-0.15, -0.1) is 0 Å². The summed E-state index contributed by atoms with van der Waals surface area (Å²) in [6, 6.07) is 32.3. The molecule has 0 aliphatic carbocycles. The van der Waals surface area contributed by atoms with E-state index in [-0.39, 0.29) is 5.96 Å². The van der Waals surface area contributed by atoms with Crippen LogP contribution >= 0.6 is 7.92 Å². The Kier molecular flexibility index (Phi) is 6.34. The maximum Gasteiger partial charge on any atom is 0.183 e. The summed E-state index contributed by atoms with van der Waals surface area (Å²) >= 11 is 0. The van der Waals surface area contributed by atoms with E-state index in [4.69, 9.17) is 5.41 Å². The number of nitrogens with two attached hydrogens (primary N) is 2. The molecule has 0 aliphatic heterocycles. The van der Waals surface area contributed by atoms with Crippen LogP contribution in [0.15, 0.2) is 91.0 Å². The van der Waals surface area contributed by atoms with E-state index >= 15 is 0 Å². The van der Waals surface area contributed by atoms with Crippen molar-refractivity contribution in [2.45, 2.75) is 0 Å². The molecule has 0 bridgehead atoms. The van der Waals surface area contributed by atoms with E-state index in [0.29, 0.717) is 0 Å². The molecule has 116 valence electrons. The topological polar surface area (TPSA) is 75.9 Å². The van der Waals surface area contributed by atoms with Crippen molar-refractivity contribution in [1.29, 1.82) is 5.41 Å². The minimum Gasteiger partial charge on any atom is -0.370 e. The second-order valence-corrected chi connectivity index (χ2v) is 7.02. The first-order valence-electron chi connectivity index (χ1n) is 7.23. The zero-order valence-electron chi connectivity index (χ0n) is 12.8. The number of guanidine groups is 1. The first-order valence-corrected chi connectivity index (χ1v) is 8.57. The highest BCUT2D eigenvalue weighted by atomic mass is 31.1. The van der Waals surface area contributed by atoms with Gasteiger partial charge in [0.05, 0.1) is 0 Å². The van der Waals surface area contributed by atoms with Gasteiger partial charge in [-0.25, -0.2) is 0 Å². The van der Waals surface area contributed by atoms with Gasteiger partial charge in [0.15, 0.2) is 5.96 Å². The van der Waals surface area contributed by atoms with E-state index in [1.807, 2.05) is 0 Å². The van der Waals surface area contributed by atoms with Gasteiger partial charge in [0.1, 0.15) is 0 Å². The molecular formula is C19H20N3P. The summed E-state index contributed by atoms with van der Waals surface area (Å²) in [5.41, 5.74) is 8.94. The number of nitrogens with one attached hydrogen (secondary N) is 1. The van der Waals surface area contributed by atoms with Crippen LogP contribution in [-0.4, -0.2) is 5.96 Å². The normalized spacial score (nSPS) is 9.78. The minimum atomic E-state index is -0.446. The van der Waals surface area contributed by atoms with Crippen LogP contribution in [0.2, 0.25) is 0 Å². The predicted molar refractivity (Wildman–Crippen MR) is 101 cm³/mol. The average Bonchev–Trinajstić information content (AvgIpc) is 2.58. The lowest BCUT2D eigenvalue weighted by molar-refractivity contribution is 1.39. The van der Waals surface area contributed by atoms with Crippen LogP contribution < -0.4 is 27.4 Å². The van der Waals surface area contributed by atoms with Gasteiger partial charge in [-0.3, -0.25) is 5.41 Å². The molecule has 5 N–H and O–H groups in total. The molecule has 0 heterocycles. The summed E-state index contributed by atoms with van der Waals surface area (Å²) in [6.07, 6.45) is 0. The highest BCUT2D eigenvalue weighted by molar-refractivity contribution is 7.79. The maximum absolute atomic E-state index is 6.06. The highest BCUT2D eigenvalue weighted by Gasteiger charge is 2.14. The minimum absolute atomic E-state index is 0.333. The molecule has 3 rings (SSSR count). The van der Waals surface area contributed by atoms with Gasteiger partial charge in [0.25, 0.3) is 0 Å². The fourth-order valence-electron chi connectivity index (χ4n) is 2.18. The van der Waals surface area contributed by atoms with E-state index < -0.39 is 7.92 Å². The highest BCUT2D eigenvalue weighted by Crippen LogP contribution is 2.32. The molecule has 0 saturated heterocycles. The molecule has 0 amide bonds. The summed E-state index contributed by atoms with van der Waals surface area (Å²) < 4.78 is 0. The van der Waals surface area contributed by atoms with Crippen LogP contribution in [0.3, 0.4) is 0 Å². The molecular weight excluding hydrogens is 301 g/mol. The van der Waals surface area contributed by atoms with Gasteiger partial charge >= 0.3 is 0 Å². The zero-order chi connectivity index (χ0) is 16.5. The molecule has 3 aromatic rings. The SMILES string of the molecule is N=C(N)N.c1ccc(P(c2ccccc2)c2ccccc2)cc1. The maximum atomic E-state index is 6.06. The molecule has 0 aromatic heterocycles. The first kappa shape index (κ1) is 16.7. The molecule has 3 aromatic carbocycles. The van der Waals surface area contributed by atoms with Crippen LogP contribution in [-0.2, 0) is 0 Å². The lowest BCUT2D eigenvalue weighted by Crippen LogP contribution is -2.20. The van der Waals surface area contributed by atoms with Crippen molar-refractivity contribution in [2.75, 3.05) is 0 Å². The first-order chi connectivity index (χ1) is 11.2. The van der Waals surface area contributed by atoms with Crippen molar-refractivity contribution >= 4 is 29.8 Å². The third-order valence-corrected chi connectivity index (χ3v) is 5.49. The molecule has 0 aliphatic rings. The average molecular weight is 321 g/mol. The fourth-order valence-corrected chi connectivity index (χ4v) is 4.48. The van der Waals surface area contributed by atoms with E-state index in [2.05, 4.69) is 102 Å². The number of hydrogen-bond acceptors (Lipinski definition) is 1. The Morgan fingerprint density at radius 1 is 0.565 bits per heavy atom. The summed E-state index contributed by atoms with van der Waals surface area (Å²) in [5, 5.41) is 10.2. The van der Waals surface area contributed by atoms with Crippen LogP contribution in [0.25, 0.3) is 0 Å². The van der Waals surface area contributed by atoms with Gasteiger partial charge in [-0.1, -0.05) is 91.0 Å². The molecule has 23 heavy (non-hydrogen) atoms. The Labute approximate surface area is 138 Å². The van der Waals surface area contributed by atoms with Gasteiger partial charge < -0.3 is 11.5 Å². The second kappa shape index (κ2) is 8.72. The van der Waals surface area contributed by atoms with E-state index in [9.17, 15) is 0 Å². The van der Waals surface area contributed by atoms with Crippen molar-refractivity contribution < 1.29 is 0 Å².